The Balaban J connectivity index is 1.84. The third-order valence-corrected chi connectivity index (χ3v) is 5.95. The largest absolute Gasteiger partial charge is 0.340 e. The molecule has 3 nitrogen and oxygen atoms in total. The number of Topliss-reactive ketones (excluding diaryl/α,β-unsaturated/α-hetero) is 1. The summed E-state index contributed by atoms with van der Waals surface area (Å²) in [6.45, 7) is 8.78. The number of carbonyl (C=O) groups excluding carboxylic acids is 1. The fraction of sp³-hybridized carbons (Fsp3) is 0.364. The summed E-state index contributed by atoms with van der Waals surface area (Å²) in [6.07, 6.45) is 1.01. The van der Waals surface area contributed by atoms with Crippen LogP contribution in [0.1, 0.15) is 40.4 Å². The van der Waals surface area contributed by atoms with Crippen molar-refractivity contribution in [1.29, 1.82) is 0 Å². The standard InChI is InChI=1S/C22H26N2OS/c1-5-19-14-26-22(23-20-11-8-16(3)12-17(20)4)24(19)13-21(25)18-9-6-15(2)7-10-18/h6-12,19H,5,13-14H2,1-4H3/t19-/m1/s1. The number of amidine groups is 1. The van der Waals surface area contributed by atoms with E-state index in [2.05, 4.69) is 43.9 Å². The number of hydrogen-bond acceptors (Lipinski definition) is 3. The Hall–Kier alpha value is -2.07. The van der Waals surface area contributed by atoms with Crippen molar-refractivity contribution in [1.82, 2.24) is 4.90 Å². The zero-order valence-corrected chi connectivity index (χ0v) is 16.8. The van der Waals surface area contributed by atoms with Gasteiger partial charge in [0.15, 0.2) is 11.0 Å². The van der Waals surface area contributed by atoms with Crippen molar-refractivity contribution in [3.05, 3.63) is 64.7 Å². The minimum atomic E-state index is 0.152. The summed E-state index contributed by atoms with van der Waals surface area (Å²) in [5, 5.41) is 0.962. The van der Waals surface area contributed by atoms with E-state index in [9.17, 15) is 4.79 Å². The van der Waals surface area contributed by atoms with Crippen molar-refractivity contribution in [3.63, 3.8) is 0 Å². The van der Waals surface area contributed by atoms with Gasteiger partial charge >= 0.3 is 0 Å². The highest BCUT2D eigenvalue weighted by Crippen LogP contribution is 2.30. The number of ketones is 1. The molecule has 0 radical (unpaired) electrons. The maximum atomic E-state index is 12.8. The molecule has 0 aliphatic carbocycles. The van der Waals surface area contributed by atoms with E-state index < -0.39 is 0 Å². The summed E-state index contributed by atoms with van der Waals surface area (Å²) in [4.78, 5) is 19.9. The highest BCUT2D eigenvalue weighted by molar-refractivity contribution is 8.14. The second-order valence-electron chi connectivity index (χ2n) is 6.97. The molecular weight excluding hydrogens is 340 g/mol. The lowest BCUT2D eigenvalue weighted by Gasteiger charge is -2.24. The molecule has 0 bridgehead atoms. The normalized spacial score (nSPS) is 18.5. The van der Waals surface area contributed by atoms with Gasteiger partial charge in [0.2, 0.25) is 0 Å². The van der Waals surface area contributed by atoms with Crippen molar-refractivity contribution < 1.29 is 4.79 Å². The third-order valence-electron chi connectivity index (χ3n) is 4.82. The molecule has 0 amide bonds. The molecule has 0 saturated carbocycles. The van der Waals surface area contributed by atoms with Crippen molar-refractivity contribution in [2.24, 2.45) is 4.99 Å². The molecule has 1 aliphatic rings. The first-order valence-electron chi connectivity index (χ1n) is 9.13. The first-order valence-corrected chi connectivity index (χ1v) is 10.1. The topological polar surface area (TPSA) is 32.7 Å². The van der Waals surface area contributed by atoms with Crippen molar-refractivity contribution in [2.75, 3.05) is 12.3 Å². The van der Waals surface area contributed by atoms with Gasteiger partial charge in [-0.15, -0.1) is 0 Å². The summed E-state index contributed by atoms with van der Waals surface area (Å²) in [5.41, 5.74) is 5.34. The van der Waals surface area contributed by atoms with E-state index in [4.69, 9.17) is 4.99 Å². The average molecular weight is 367 g/mol. The van der Waals surface area contributed by atoms with Crippen molar-refractivity contribution in [2.45, 2.75) is 40.2 Å². The van der Waals surface area contributed by atoms with Crippen LogP contribution in [0.4, 0.5) is 5.69 Å². The summed E-state index contributed by atoms with van der Waals surface area (Å²) in [6, 6.07) is 14.5. The third kappa shape index (κ3) is 4.18. The first kappa shape index (κ1) is 18.7. The molecule has 4 heteroatoms. The molecule has 2 aromatic rings. The second kappa shape index (κ2) is 8.09. The van der Waals surface area contributed by atoms with Gasteiger partial charge in [0, 0.05) is 17.4 Å². The predicted molar refractivity (Wildman–Crippen MR) is 112 cm³/mol. The van der Waals surface area contributed by atoms with Crippen LogP contribution in [-0.2, 0) is 0 Å². The van der Waals surface area contributed by atoms with Crippen LogP contribution in [-0.4, -0.2) is 34.2 Å². The molecule has 1 aliphatic heterocycles. The highest BCUT2D eigenvalue weighted by atomic mass is 32.2. The minimum absolute atomic E-state index is 0.152. The number of aliphatic imine (C=N–C) groups is 1. The Morgan fingerprint density at radius 3 is 2.46 bits per heavy atom. The molecule has 0 unspecified atom stereocenters. The molecular formula is C22H26N2OS. The number of hydrogen-bond donors (Lipinski definition) is 0. The van der Waals surface area contributed by atoms with E-state index in [1.54, 1.807) is 11.8 Å². The van der Waals surface area contributed by atoms with Gasteiger partial charge in [0.1, 0.15) is 0 Å². The van der Waals surface area contributed by atoms with Gasteiger partial charge in [0.25, 0.3) is 0 Å². The molecule has 0 N–H and O–H groups in total. The molecule has 136 valence electrons. The van der Waals surface area contributed by atoms with Gasteiger partial charge in [0.05, 0.1) is 12.2 Å². The monoisotopic (exact) mass is 366 g/mol. The van der Waals surface area contributed by atoms with Crippen molar-refractivity contribution in [3.8, 4) is 0 Å². The van der Waals surface area contributed by atoms with E-state index in [1.165, 1.54) is 16.7 Å². The first-order chi connectivity index (χ1) is 12.5. The Morgan fingerprint density at radius 1 is 1.12 bits per heavy atom. The number of thioether (sulfide) groups is 1. The maximum absolute atomic E-state index is 12.8. The summed E-state index contributed by atoms with van der Waals surface area (Å²) < 4.78 is 0. The summed E-state index contributed by atoms with van der Waals surface area (Å²) in [7, 11) is 0. The summed E-state index contributed by atoms with van der Waals surface area (Å²) in [5.74, 6) is 1.14. The fourth-order valence-corrected chi connectivity index (χ4v) is 4.45. The Morgan fingerprint density at radius 2 is 1.81 bits per heavy atom. The summed E-state index contributed by atoms with van der Waals surface area (Å²) >= 11 is 1.75. The number of rotatable bonds is 5. The maximum Gasteiger partial charge on any atom is 0.182 e. The highest BCUT2D eigenvalue weighted by Gasteiger charge is 2.30. The van der Waals surface area contributed by atoms with Gasteiger partial charge in [-0.1, -0.05) is 66.2 Å². The smallest absolute Gasteiger partial charge is 0.182 e. The van der Waals surface area contributed by atoms with E-state index >= 15 is 0 Å². The quantitative estimate of drug-likeness (QED) is 0.672. The molecule has 1 atom stereocenters. The van der Waals surface area contributed by atoms with Crippen LogP contribution in [0.15, 0.2) is 47.5 Å². The molecule has 0 aromatic heterocycles. The molecule has 1 heterocycles. The molecule has 0 spiro atoms. The average Bonchev–Trinajstić information content (AvgIpc) is 2.99. The van der Waals surface area contributed by atoms with E-state index in [0.29, 0.717) is 12.6 Å². The van der Waals surface area contributed by atoms with Crippen LogP contribution in [0.2, 0.25) is 0 Å². The number of carbonyl (C=O) groups is 1. The Labute approximate surface area is 160 Å². The van der Waals surface area contributed by atoms with Gasteiger partial charge in [-0.2, -0.15) is 0 Å². The van der Waals surface area contributed by atoms with E-state index in [0.717, 1.165) is 28.6 Å². The van der Waals surface area contributed by atoms with Crippen molar-refractivity contribution >= 4 is 28.4 Å². The minimum Gasteiger partial charge on any atom is -0.340 e. The molecule has 26 heavy (non-hydrogen) atoms. The van der Waals surface area contributed by atoms with Crippen LogP contribution in [0.25, 0.3) is 0 Å². The van der Waals surface area contributed by atoms with Gasteiger partial charge in [-0.25, -0.2) is 4.99 Å². The van der Waals surface area contributed by atoms with Crippen LogP contribution in [0.5, 0.6) is 0 Å². The zero-order valence-electron chi connectivity index (χ0n) is 16.0. The Kier molecular flexibility index (Phi) is 5.82. The lowest BCUT2D eigenvalue weighted by atomic mass is 10.1. The SMILES string of the molecule is CC[C@@H]1CSC(=Nc2ccc(C)cc2C)N1CC(=O)c1ccc(C)cc1. The fourth-order valence-electron chi connectivity index (χ4n) is 3.15. The number of aryl methyl sites for hydroxylation is 3. The van der Waals surface area contributed by atoms with Crippen LogP contribution in [0.3, 0.4) is 0 Å². The van der Waals surface area contributed by atoms with Crippen LogP contribution < -0.4 is 0 Å². The zero-order chi connectivity index (χ0) is 18.7. The van der Waals surface area contributed by atoms with Gasteiger partial charge < -0.3 is 4.90 Å². The lowest BCUT2D eigenvalue weighted by molar-refractivity contribution is 0.0953. The molecule has 1 fully saturated rings. The van der Waals surface area contributed by atoms with Crippen LogP contribution >= 0.6 is 11.8 Å². The molecule has 3 rings (SSSR count). The van der Waals surface area contributed by atoms with Gasteiger partial charge in [-0.05, 0) is 38.8 Å². The van der Waals surface area contributed by atoms with Gasteiger partial charge in [-0.3, -0.25) is 4.79 Å². The van der Waals surface area contributed by atoms with E-state index in [-0.39, 0.29) is 5.78 Å². The second-order valence-corrected chi connectivity index (χ2v) is 7.96. The predicted octanol–water partition coefficient (Wildman–Crippen LogP) is 5.31. The molecule has 2 aromatic carbocycles. The number of nitrogens with zero attached hydrogens (tertiary/aromatic N) is 2. The lowest BCUT2D eigenvalue weighted by Crippen LogP contribution is -2.37. The Bertz CT molecular complexity index is 827. The number of benzene rings is 2. The van der Waals surface area contributed by atoms with E-state index in [1.807, 2.05) is 31.2 Å². The van der Waals surface area contributed by atoms with Crippen LogP contribution in [0, 0.1) is 20.8 Å². The molecule has 1 saturated heterocycles.